The van der Waals surface area contributed by atoms with Gasteiger partial charge in [-0.1, -0.05) is 30.7 Å². The zero-order valence-electron chi connectivity index (χ0n) is 14.2. The second kappa shape index (κ2) is 7.77. The molecule has 6 nitrogen and oxygen atoms in total. The molecule has 130 valence electrons. The topological polar surface area (TPSA) is 80.0 Å². The third kappa shape index (κ3) is 3.76. The average molecular weight is 351 g/mol. The third-order valence-corrected chi connectivity index (χ3v) is 4.03. The SMILES string of the molecule is Cc1cc(C(=O)NCC2=CCNCC2)c2c(C(C)C)noc2n1.Cl. The molecule has 0 aromatic carbocycles. The Morgan fingerprint density at radius 2 is 2.25 bits per heavy atom. The van der Waals surface area contributed by atoms with Gasteiger partial charge in [0.25, 0.3) is 11.6 Å². The summed E-state index contributed by atoms with van der Waals surface area (Å²) in [5, 5.41) is 11.1. The Hall–Kier alpha value is -1.92. The van der Waals surface area contributed by atoms with E-state index >= 15 is 0 Å². The number of aryl methyl sites for hydroxylation is 1. The molecule has 0 fully saturated rings. The highest BCUT2D eigenvalue weighted by Crippen LogP contribution is 2.27. The van der Waals surface area contributed by atoms with E-state index in [0.29, 0.717) is 17.8 Å². The van der Waals surface area contributed by atoms with Crippen molar-refractivity contribution in [3.63, 3.8) is 0 Å². The van der Waals surface area contributed by atoms with Gasteiger partial charge in [0.2, 0.25) is 0 Å². The molecule has 0 bridgehead atoms. The van der Waals surface area contributed by atoms with Crippen LogP contribution in [-0.2, 0) is 0 Å². The number of pyridine rings is 1. The summed E-state index contributed by atoms with van der Waals surface area (Å²) in [6.07, 6.45) is 3.10. The van der Waals surface area contributed by atoms with Gasteiger partial charge in [-0.2, -0.15) is 0 Å². The molecule has 2 aromatic heterocycles. The predicted molar refractivity (Wildman–Crippen MR) is 95.8 cm³/mol. The zero-order valence-corrected chi connectivity index (χ0v) is 15.0. The first-order valence-corrected chi connectivity index (χ1v) is 8.00. The Bertz CT molecular complexity index is 767. The second-order valence-corrected chi connectivity index (χ2v) is 6.21. The molecule has 2 N–H and O–H groups in total. The molecule has 0 aliphatic carbocycles. The smallest absolute Gasteiger partial charge is 0.259 e. The molecular weight excluding hydrogens is 328 g/mol. The minimum absolute atomic E-state index is 0. The normalized spacial score (nSPS) is 14.4. The Morgan fingerprint density at radius 3 is 2.92 bits per heavy atom. The number of fused-ring (bicyclic) bond motifs is 1. The lowest BCUT2D eigenvalue weighted by atomic mass is 10.0. The van der Waals surface area contributed by atoms with Crippen LogP contribution < -0.4 is 10.6 Å². The predicted octanol–water partition coefficient (Wildman–Crippen LogP) is 2.73. The minimum atomic E-state index is -0.106. The van der Waals surface area contributed by atoms with Crippen molar-refractivity contribution >= 4 is 29.4 Å². The number of aromatic nitrogens is 2. The fourth-order valence-electron chi connectivity index (χ4n) is 2.79. The van der Waals surface area contributed by atoms with Crippen LogP contribution in [0.1, 0.15) is 47.9 Å². The second-order valence-electron chi connectivity index (χ2n) is 6.21. The van der Waals surface area contributed by atoms with Crippen LogP contribution in [0.25, 0.3) is 11.1 Å². The van der Waals surface area contributed by atoms with E-state index in [1.807, 2.05) is 20.8 Å². The van der Waals surface area contributed by atoms with Crippen LogP contribution in [0, 0.1) is 6.92 Å². The molecule has 1 amide bonds. The number of hydrogen-bond donors (Lipinski definition) is 2. The van der Waals surface area contributed by atoms with Crippen LogP contribution in [0.3, 0.4) is 0 Å². The molecule has 2 aromatic rings. The van der Waals surface area contributed by atoms with Gasteiger partial charge in [0.15, 0.2) is 0 Å². The molecule has 0 saturated carbocycles. The van der Waals surface area contributed by atoms with Crippen LogP contribution in [0.2, 0.25) is 0 Å². The molecule has 3 heterocycles. The van der Waals surface area contributed by atoms with Crippen LogP contribution in [0.4, 0.5) is 0 Å². The summed E-state index contributed by atoms with van der Waals surface area (Å²) in [5.41, 5.74) is 3.80. The molecule has 0 atom stereocenters. The Labute approximate surface area is 147 Å². The van der Waals surface area contributed by atoms with E-state index < -0.39 is 0 Å². The van der Waals surface area contributed by atoms with Gasteiger partial charge in [-0.05, 0) is 31.9 Å². The number of halogens is 1. The zero-order chi connectivity index (χ0) is 16.4. The fourth-order valence-corrected chi connectivity index (χ4v) is 2.79. The summed E-state index contributed by atoms with van der Waals surface area (Å²) in [5.74, 6) is 0.0597. The Balaban J connectivity index is 0.00000208. The lowest BCUT2D eigenvalue weighted by Gasteiger charge is -2.15. The summed E-state index contributed by atoms with van der Waals surface area (Å²) in [6.45, 7) is 8.31. The molecule has 7 heteroatoms. The van der Waals surface area contributed by atoms with Crippen molar-refractivity contribution in [1.82, 2.24) is 20.8 Å². The first-order valence-electron chi connectivity index (χ1n) is 8.00. The lowest BCUT2D eigenvalue weighted by Crippen LogP contribution is -2.29. The molecule has 0 unspecified atom stereocenters. The van der Waals surface area contributed by atoms with Gasteiger partial charge >= 0.3 is 0 Å². The maximum absolute atomic E-state index is 12.7. The number of rotatable bonds is 4. The van der Waals surface area contributed by atoms with E-state index in [1.54, 1.807) is 6.07 Å². The number of nitrogens with one attached hydrogen (secondary N) is 2. The lowest BCUT2D eigenvalue weighted by molar-refractivity contribution is 0.0958. The summed E-state index contributed by atoms with van der Waals surface area (Å²) in [6, 6.07) is 1.80. The average Bonchev–Trinajstić information content (AvgIpc) is 2.96. The van der Waals surface area contributed by atoms with E-state index in [1.165, 1.54) is 5.57 Å². The Kier molecular flexibility index (Phi) is 5.96. The number of nitrogens with zero attached hydrogens (tertiary/aromatic N) is 2. The van der Waals surface area contributed by atoms with E-state index in [4.69, 9.17) is 4.52 Å². The van der Waals surface area contributed by atoms with Crippen molar-refractivity contribution in [3.05, 3.63) is 34.7 Å². The number of amides is 1. The maximum Gasteiger partial charge on any atom is 0.259 e. The van der Waals surface area contributed by atoms with Crippen molar-refractivity contribution in [1.29, 1.82) is 0 Å². The fraction of sp³-hybridized carbons (Fsp3) is 0.471. The van der Waals surface area contributed by atoms with Gasteiger partial charge in [0.1, 0.15) is 0 Å². The molecule has 0 spiro atoms. The van der Waals surface area contributed by atoms with Crippen molar-refractivity contribution in [2.45, 2.75) is 33.1 Å². The van der Waals surface area contributed by atoms with Crippen molar-refractivity contribution in [2.24, 2.45) is 0 Å². The standard InChI is InChI=1S/C17H22N4O2.ClH/c1-10(2)15-14-13(8-11(3)20-17(14)23-21-15)16(22)19-9-12-4-6-18-7-5-12;/h4,8,10,18H,5-7,9H2,1-3H3,(H,19,22);1H. The van der Waals surface area contributed by atoms with E-state index in [-0.39, 0.29) is 24.2 Å². The summed E-state index contributed by atoms with van der Waals surface area (Å²) >= 11 is 0. The quantitative estimate of drug-likeness (QED) is 0.829. The minimum Gasteiger partial charge on any atom is -0.348 e. The summed E-state index contributed by atoms with van der Waals surface area (Å²) in [4.78, 5) is 17.0. The highest BCUT2D eigenvalue weighted by molar-refractivity contribution is 6.06. The molecule has 1 aliphatic rings. The van der Waals surface area contributed by atoms with Crippen LogP contribution in [0.5, 0.6) is 0 Å². The van der Waals surface area contributed by atoms with E-state index in [0.717, 1.165) is 36.3 Å². The van der Waals surface area contributed by atoms with Crippen molar-refractivity contribution in [2.75, 3.05) is 19.6 Å². The molecule has 1 aliphatic heterocycles. The molecule has 24 heavy (non-hydrogen) atoms. The van der Waals surface area contributed by atoms with Gasteiger partial charge in [0.05, 0.1) is 16.6 Å². The molecular formula is C17H23ClN4O2. The van der Waals surface area contributed by atoms with E-state index in [9.17, 15) is 4.79 Å². The van der Waals surface area contributed by atoms with Gasteiger partial charge < -0.3 is 15.2 Å². The van der Waals surface area contributed by atoms with Gasteiger partial charge in [-0.3, -0.25) is 4.79 Å². The molecule has 0 radical (unpaired) electrons. The van der Waals surface area contributed by atoms with Crippen molar-refractivity contribution in [3.8, 4) is 0 Å². The first kappa shape index (κ1) is 18.4. The summed E-state index contributed by atoms with van der Waals surface area (Å²) < 4.78 is 5.32. The number of carbonyl (C=O) groups excluding carboxylic acids is 1. The van der Waals surface area contributed by atoms with Crippen molar-refractivity contribution < 1.29 is 9.32 Å². The maximum atomic E-state index is 12.7. The first-order chi connectivity index (χ1) is 11.1. The highest BCUT2D eigenvalue weighted by Gasteiger charge is 2.21. The Morgan fingerprint density at radius 1 is 1.46 bits per heavy atom. The van der Waals surface area contributed by atoms with Gasteiger partial charge in [0, 0.05) is 18.8 Å². The monoisotopic (exact) mass is 350 g/mol. The number of hydrogen-bond acceptors (Lipinski definition) is 5. The molecule has 0 saturated heterocycles. The highest BCUT2D eigenvalue weighted by atomic mass is 35.5. The number of carbonyl (C=O) groups is 1. The van der Waals surface area contributed by atoms with Crippen LogP contribution in [0.15, 0.2) is 22.2 Å². The van der Waals surface area contributed by atoms with Gasteiger partial charge in [-0.25, -0.2) is 4.98 Å². The largest absolute Gasteiger partial charge is 0.348 e. The van der Waals surface area contributed by atoms with Crippen LogP contribution >= 0.6 is 12.4 Å². The third-order valence-electron chi connectivity index (χ3n) is 4.03. The van der Waals surface area contributed by atoms with Crippen LogP contribution in [-0.4, -0.2) is 35.7 Å². The van der Waals surface area contributed by atoms with Gasteiger partial charge in [-0.15, -0.1) is 12.4 Å². The molecule has 3 rings (SSSR count). The summed E-state index contributed by atoms with van der Waals surface area (Å²) in [7, 11) is 0. The van der Waals surface area contributed by atoms with E-state index in [2.05, 4.69) is 26.9 Å².